The van der Waals surface area contributed by atoms with Gasteiger partial charge in [-0.25, -0.2) is 0 Å². The number of rotatable bonds is 5. The van der Waals surface area contributed by atoms with Crippen molar-refractivity contribution in [3.05, 3.63) is 64.2 Å². The Morgan fingerprint density at radius 3 is 2.42 bits per heavy atom. The summed E-state index contributed by atoms with van der Waals surface area (Å²) < 4.78 is 5.87. The van der Waals surface area contributed by atoms with Gasteiger partial charge in [0, 0.05) is 0 Å². The van der Waals surface area contributed by atoms with Crippen LogP contribution in [0.25, 0.3) is 0 Å². The van der Waals surface area contributed by atoms with Gasteiger partial charge in [0.15, 0.2) is 6.10 Å². The predicted molar refractivity (Wildman–Crippen MR) is 98.5 cm³/mol. The summed E-state index contributed by atoms with van der Waals surface area (Å²) in [7, 11) is 0. The zero-order chi connectivity index (χ0) is 17.9. The molecule has 0 aromatic heterocycles. The molecule has 0 spiro atoms. The minimum atomic E-state index is -0.543. The minimum Gasteiger partial charge on any atom is -0.481 e. The largest absolute Gasteiger partial charge is 0.481 e. The van der Waals surface area contributed by atoms with Crippen molar-refractivity contribution >= 4 is 5.91 Å². The topological polar surface area (TPSA) is 38.3 Å². The number of ether oxygens (including phenoxy) is 1. The van der Waals surface area contributed by atoms with Crippen LogP contribution < -0.4 is 10.1 Å². The Labute approximate surface area is 145 Å². The summed E-state index contributed by atoms with van der Waals surface area (Å²) in [5.74, 6) is 0.654. The number of aryl methyl sites for hydroxylation is 3. The number of hydrogen-bond donors (Lipinski definition) is 1. The van der Waals surface area contributed by atoms with Crippen LogP contribution in [0.5, 0.6) is 5.75 Å². The van der Waals surface area contributed by atoms with Crippen molar-refractivity contribution in [2.45, 2.75) is 53.7 Å². The maximum absolute atomic E-state index is 12.5. The molecule has 0 saturated heterocycles. The van der Waals surface area contributed by atoms with Gasteiger partial charge in [-0.05, 0) is 69.9 Å². The van der Waals surface area contributed by atoms with Crippen LogP contribution >= 0.6 is 0 Å². The highest BCUT2D eigenvalue weighted by atomic mass is 16.5. The van der Waals surface area contributed by atoms with E-state index in [1.54, 1.807) is 6.92 Å². The van der Waals surface area contributed by atoms with Gasteiger partial charge in [0.1, 0.15) is 5.75 Å². The molecular formula is C21H27NO2. The lowest BCUT2D eigenvalue weighted by molar-refractivity contribution is -0.127. The van der Waals surface area contributed by atoms with Gasteiger partial charge in [0.2, 0.25) is 0 Å². The fraction of sp³-hybridized carbons (Fsp3) is 0.381. The van der Waals surface area contributed by atoms with E-state index in [1.165, 1.54) is 11.1 Å². The average Bonchev–Trinajstić information content (AvgIpc) is 2.53. The second kappa shape index (κ2) is 7.52. The predicted octanol–water partition coefficient (Wildman–Crippen LogP) is 4.56. The highest BCUT2D eigenvalue weighted by Crippen LogP contribution is 2.23. The molecule has 0 aliphatic carbocycles. The van der Waals surface area contributed by atoms with Gasteiger partial charge in [-0.15, -0.1) is 0 Å². The van der Waals surface area contributed by atoms with Crippen molar-refractivity contribution < 1.29 is 9.53 Å². The molecule has 2 aromatic carbocycles. The molecule has 1 amide bonds. The monoisotopic (exact) mass is 325 g/mol. The molecule has 0 aliphatic rings. The minimum absolute atomic E-state index is 0.0537. The second-order valence-corrected chi connectivity index (χ2v) is 6.55. The van der Waals surface area contributed by atoms with E-state index in [-0.39, 0.29) is 11.9 Å². The Morgan fingerprint density at radius 1 is 1.00 bits per heavy atom. The third-order valence-electron chi connectivity index (χ3n) is 4.49. The first-order valence-corrected chi connectivity index (χ1v) is 8.40. The number of amides is 1. The van der Waals surface area contributed by atoms with Gasteiger partial charge in [0.25, 0.3) is 5.91 Å². The van der Waals surface area contributed by atoms with Crippen molar-refractivity contribution in [3.63, 3.8) is 0 Å². The lowest BCUT2D eigenvalue weighted by Gasteiger charge is -2.21. The first-order chi connectivity index (χ1) is 11.3. The number of nitrogens with one attached hydrogen (secondary N) is 1. The van der Waals surface area contributed by atoms with Crippen LogP contribution in [0.4, 0.5) is 0 Å². The van der Waals surface area contributed by atoms with Gasteiger partial charge >= 0.3 is 0 Å². The highest BCUT2D eigenvalue weighted by molar-refractivity contribution is 5.81. The Kier molecular flexibility index (Phi) is 5.66. The van der Waals surface area contributed by atoms with Crippen LogP contribution in [0.3, 0.4) is 0 Å². The van der Waals surface area contributed by atoms with Crippen LogP contribution in [0.15, 0.2) is 36.4 Å². The van der Waals surface area contributed by atoms with Crippen molar-refractivity contribution in [3.8, 4) is 5.75 Å². The van der Waals surface area contributed by atoms with E-state index in [1.807, 2.05) is 39.0 Å². The van der Waals surface area contributed by atoms with Gasteiger partial charge in [-0.3, -0.25) is 4.79 Å². The van der Waals surface area contributed by atoms with Crippen molar-refractivity contribution in [2.75, 3.05) is 0 Å². The first-order valence-electron chi connectivity index (χ1n) is 8.40. The summed E-state index contributed by atoms with van der Waals surface area (Å²) >= 11 is 0. The molecule has 1 N–H and O–H groups in total. The molecule has 0 fully saturated rings. The summed E-state index contributed by atoms with van der Waals surface area (Å²) in [5, 5.41) is 3.05. The zero-order valence-corrected chi connectivity index (χ0v) is 15.4. The third-order valence-corrected chi connectivity index (χ3v) is 4.49. The SMILES string of the molecule is Cc1ccc(C)c(C(C)NC(=O)C(C)Oc2cccc(C)c2C)c1. The molecule has 128 valence electrons. The Morgan fingerprint density at radius 2 is 1.71 bits per heavy atom. The molecule has 0 heterocycles. The number of carbonyl (C=O) groups is 1. The average molecular weight is 325 g/mol. The quantitative estimate of drug-likeness (QED) is 0.875. The molecule has 0 saturated carbocycles. The van der Waals surface area contributed by atoms with E-state index in [0.29, 0.717) is 0 Å². The molecule has 0 radical (unpaired) electrons. The van der Waals surface area contributed by atoms with Crippen molar-refractivity contribution in [1.82, 2.24) is 5.32 Å². The Balaban J connectivity index is 2.06. The Bertz CT molecular complexity index is 737. The molecule has 2 unspecified atom stereocenters. The van der Waals surface area contributed by atoms with Crippen molar-refractivity contribution in [2.24, 2.45) is 0 Å². The van der Waals surface area contributed by atoms with Gasteiger partial charge < -0.3 is 10.1 Å². The fourth-order valence-corrected chi connectivity index (χ4v) is 2.73. The molecule has 24 heavy (non-hydrogen) atoms. The second-order valence-electron chi connectivity index (χ2n) is 6.55. The van der Waals surface area contributed by atoms with Crippen LogP contribution in [0.1, 0.15) is 47.7 Å². The summed E-state index contributed by atoms with van der Waals surface area (Å²) in [6.07, 6.45) is -0.543. The van der Waals surface area contributed by atoms with Crippen LogP contribution in [-0.4, -0.2) is 12.0 Å². The summed E-state index contributed by atoms with van der Waals surface area (Å²) in [6.45, 7) is 12.0. The van der Waals surface area contributed by atoms with E-state index in [9.17, 15) is 4.79 Å². The molecule has 2 atom stereocenters. The first kappa shape index (κ1) is 18.1. The normalized spacial score (nSPS) is 13.2. The van der Waals surface area contributed by atoms with E-state index in [2.05, 4.69) is 37.4 Å². The molecule has 0 aliphatic heterocycles. The maximum Gasteiger partial charge on any atom is 0.261 e. The molecular weight excluding hydrogens is 298 g/mol. The van der Waals surface area contributed by atoms with E-state index in [4.69, 9.17) is 4.74 Å². The van der Waals surface area contributed by atoms with Gasteiger partial charge in [-0.2, -0.15) is 0 Å². The molecule has 3 nitrogen and oxygen atoms in total. The van der Waals surface area contributed by atoms with Crippen molar-refractivity contribution in [1.29, 1.82) is 0 Å². The Hall–Kier alpha value is -2.29. The van der Waals surface area contributed by atoms with Crippen LogP contribution in [0.2, 0.25) is 0 Å². The number of carbonyl (C=O) groups excluding carboxylic acids is 1. The van der Waals surface area contributed by atoms with E-state index >= 15 is 0 Å². The molecule has 2 aromatic rings. The van der Waals surface area contributed by atoms with E-state index < -0.39 is 6.10 Å². The molecule has 0 bridgehead atoms. The standard InChI is InChI=1S/C21H27NO2/c1-13-10-11-15(3)19(12-13)17(5)22-21(23)18(6)24-20-9-7-8-14(2)16(20)4/h7-12,17-18H,1-6H3,(H,22,23). The maximum atomic E-state index is 12.5. The lowest BCUT2D eigenvalue weighted by atomic mass is 10.00. The molecule has 3 heteroatoms. The summed E-state index contributed by atoms with van der Waals surface area (Å²) in [4.78, 5) is 12.5. The van der Waals surface area contributed by atoms with Gasteiger partial charge in [-0.1, -0.05) is 35.9 Å². The van der Waals surface area contributed by atoms with Crippen LogP contribution in [0, 0.1) is 27.7 Å². The third kappa shape index (κ3) is 4.16. The smallest absolute Gasteiger partial charge is 0.261 e. The summed E-state index contributed by atoms with van der Waals surface area (Å²) in [6, 6.07) is 12.1. The molecule has 2 rings (SSSR count). The van der Waals surface area contributed by atoms with Gasteiger partial charge in [0.05, 0.1) is 6.04 Å². The fourth-order valence-electron chi connectivity index (χ4n) is 2.73. The summed E-state index contributed by atoms with van der Waals surface area (Å²) in [5.41, 5.74) is 5.73. The zero-order valence-electron chi connectivity index (χ0n) is 15.4. The number of hydrogen-bond acceptors (Lipinski definition) is 2. The lowest BCUT2D eigenvalue weighted by Crippen LogP contribution is -2.38. The van der Waals surface area contributed by atoms with E-state index in [0.717, 1.165) is 22.4 Å². The number of benzene rings is 2. The van der Waals surface area contributed by atoms with Crippen LogP contribution in [-0.2, 0) is 4.79 Å². The highest BCUT2D eigenvalue weighted by Gasteiger charge is 2.19.